The standard InChI is InChI=1S/C22H23F3N4O/c1-16(21(30)27-20-4-2-3-19(13-20)22(23,24)25)29-11-9-28(10-12-29)15-18-7-5-17(14-26)6-8-18/h2-8,13,16H,9-12,15H2,1H3,(H,27,30)/p+2/t16-/m1/s1. The largest absolute Gasteiger partial charge is 0.416 e. The molecule has 0 spiro atoms. The van der Waals surface area contributed by atoms with E-state index in [-0.39, 0.29) is 17.6 Å². The van der Waals surface area contributed by atoms with Crippen LogP contribution >= 0.6 is 0 Å². The second kappa shape index (κ2) is 9.28. The van der Waals surface area contributed by atoms with E-state index in [0.29, 0.717) is 5.56 Å². The van der Waals surface area contributed by atoms with Gasteiger partial charge in [-0.25, -0.2) is 0 Å². The number of benzene rings is 2. The first-order chi connectivity index (χ1) is 14.3. The SMILES string of the molecule is C[C@H](C(=O)Nc1cccc(C(F)(F)F)c1)[NH+]1CC[NH+](Cc2ccc(C#N)cc2)CC1. The highest BCUT2D eigenvalue weighted by atomic mass is 19.4. The third kappa shape index (κ3) is 5.59. The van der Waals surface area contributed by atoms with Gasteiger partial charge in [-0.1, -0.05) is 18.2 Å². The van der Waals surface area contributed by atoms with Crippen molar-refractivity contribution in [1.29, 1.82) is 5.26 Å². The van der Waals surface area contributed by atoms with Crippen molar-refractivity contribution < 1.29 is 27.8 Å². The van der Waals surface area contributed by atoms with Gasteiger partial charge < -0.3 is 15.1 Å². The van der Waals surface area contributed by atoms with Gasteiger partial charge in [0.05, 0.1) is 17.2 Å². The highest BCUT2D eigenvalue weighted by Gasteiger charge is 2.32. The molecule has 0 unspecified atom stereocenters. The number of anilines is 1. The monoisotopic (exact) mass is 418 g/mol. The van der Waals surface area contributed by atoms with Gasteiger partial charge in [-0.3, -0.25) is 4.79 Å². The zero-order chi connectivity index (χ0) is 21.7. The summed E-state index contributed by atoms with van der Waals surface area (Å²) < 4.78 is 38.6. The molecular weight excluding hydrogens is 393 g/mol. The molecule has 0 bridgehead atoms. The van der Waals surface area contributed by atoms with Crippen LogP contribution in [0.2, 0.25) is 0 Å². The minimum absolute atomic E-state index is 0.158. The number of nitrogens with zero attached hydrogens (tertiary/aromatic N) is 1. The molecule has 1 atom stereocenters. The van der Waals surface area contributed by atoms with Crippen molar-refractivity contribution in [1.82, 2.24) is 0 Å². The number of nitrogens with one attached hydrogen (secondary N) is 3. The van der Waals surface area contributed by atoms with Crippen LogP contribution in [0, 0.1) is 11.3 Å². The van der Waals surface area contributed by atoms with Crippen LogP contribution in [-0.4, -0.2) is 38.1 Å². The van der Waals surface area contributed by atoms with Crippen molar-refractivity contribution in [2.75, 3.05) is 31.5 Å². The first kappa shape index (κ1) is 21.8. The minimum Gasteiger partial charge on any atom is -0.322 e. The smallest absolute Gasteiger partial charge is 0.322 e. The van der Waals surface area contributed by atoms with Gasteiger partial charge in [-0.05, 0) is 37.3 Å². The topological polar surface area (TPSA) is 61.8 Å². The average Bonchev–Trinajstić information content (AvgIpc) is 2.74. The van der Waals surface area contributed by atoms with Crippen LogP contribution in [-0.2, 0) is 17.5 Å². The number of hydrogen-bond acceptors (Lipinski definition) is 2. The Bertz CT molecular complexity index is 913. The molecule has 30 heavy (non-hydrogen) atoms. The van der Waals surface area contributed by atoms with Crippen molar-refractivity contribution in [3.8, 4) is 6.07 Å². The molecule has 158 valence electrons. The molecule has 3 N–H and O–H groups in total. The van der Waals surface area contributed by atoms with Crippen LogP contribution in [0.1, 0.15) is 23.6 Å². The predicted molar refractivity (Wildman–Crippen MR) is 106 cm³/mol. The summed E-state index contributed by atoms with van der Waals surface area (Å²) >= 11 is 0. The first-order valence-electron chi connectivity index (χ1n) is 9.91. The Morgan fingerprint density at radius 2 is 1.80 bits per heavy atom. The second-order valence-electron chi connectivity index (χ2n) is 7.68. The van der Waals surface area contributed by atoms with E-state index in [1.165, 1.54) is 22.6 Å². The third-order valence-electron chi connectivity index (χ3n) is 5.60. The average molecular weight is 418 g/mol. The summed E-state index contributed by atoms with van der Waals surface area (Å²) in [4.78, 5) is 15.1. The Labute approximate surface area is 173 Å². The predicted octanol–water partition coefficient (Wildman–Crippen LogP) is 0.888. The number of halogens is 3. The summed E-state index contributed by atoms with van der Waals surface area (Å²) in [6.45, 7) is 6.09. The molecule has 1 aliphatic rings. The lowest BCUT2D eigenvalue weighted by atomic mass is 10.1. The van der Waals surface area contributed by atoms with Gasteiger partial charge in [0.25, 0.3) is 5.91 Å². The van der Waals surface area contributed by atoms with E-state index in [4.69, 9.17) is 5.26 Å². The Kier molecular flexibility index (Phi) is 6.75. The summed E-state index contributed by atoms with van der Waals surface area (Å²) in [7, 11) is 0. The summed E-state index contributed by atoms with van der Waals surface area (Å²) in [6.07, 6.45) is -4.44. The maximum atomic E-state index is 12.9. The highest BCUT2D eigenvalue weighted by Crippen LogP contribution is 2.30. The Hall–Kier alpha value is -2.89. The highest BCUT2D eigenvalue weighted by molar-refractivity contribution is 5.93. The molecule has 0 aromatic heterocycles. The van der Waals surface area contributed by atoms with E-state index in [1.807, 2.05) is 31.2 Å². The van der Waals surface area contributed by atoms with E-state index in [9.17, 15) is 18.0 Å². The van der Waals surface area contributed by atoms with Gasteiger partial charge >= 0.3 is 6.18 Å². The third-order valence-corrected chi connectivity index (χ3v) is 5.60. The zero-order valence-electron chi connectivity index (χ0n) is 16.7. The molecule has 3 rings (SSSR count). The number of carbonyl (C=O) groups excluding carboxylic acids is 1. The van der Waals surface area contributed by atoms with Crippen molar-refractivity contribution in [3.05, 3.63) is 65.2 Å². The van der Waals surface area contributed by atoms with Gasteiger partial charge in [-0.15, -0.1) is 0 Å². The van der Waals surface area contributed by atoms with Gasteiger partial charge in [0.2, 0.25) is 0 Å². The summed E-state index contributed by atoms with van der Waals surface area (Å²) in [5, 5.41) is 11.5. The molecule has 8 heteroatoms. The fourth-order valence-electron chi connectivity index (χ4n) is 3.73. The lowest BCUT2D eigenvalue weighted by Gasteiger charge is -2.32. The van der Waals surface area contributed by atoms with Crippen LogP contribution in [0.15, 0.2) is 48.5 Å². The quantitative estimate of drug-likeness (QED) is 0.676. The maximum Gasteiger partial charge on any atom is 0.416 e. The summed E-state index contributed by atoms with van der Waals surface area (Å²) in [5.41, 5.74) is 1.19. The molecular formula is C22H25F3N4O+2. The van der Waals surface area contributed by atoms with E-state index in [0.717, 1.165) is 49.8 Å². The fourth-order valence-corrected chi connectivity index (χ4v) is 3.73. The Morgan fingerprint density at radius 1 is 1.13 bits per heavy atom. The lowest BCUT2D eigenvalue weighted by Crippen LogP contribution is -3.29. The van der Waals surface area contributed by atoms with Gasteiger partial charge in [0, 0.05) is 11.3 Å². The van der Waals surface area contributed by atoms with E-state index >= 15 is 0 Å². The van der Waals surface area contributed by atoms with Gasteiger partial charge in [0.1, 0.15) is 32.7 Å². The van der Waals surface area contributed by atoms with Crippen LogP contribution in [0.5, 0.6) is 0 Å². The molecule has 1 amide bonds. The number of nitriles is 1. The van der Waals surface area contributed by atoms with Crippen molar-refractivity contribution in [2.45, 2.75) is 25.7 Å². The number of piperazine rings is 1. The minimum atomic E-state index is -4.44. The summed E-state index contributed by atoms with van der Waals surface area (Å²) in [5.74, 6) is -0.278. The maximum absolute atomic E-state index is 12.9. The normalized spacial score (nSPS) is 20.2. The molecule has 5 nitrogen and oxygen atoms in total. The van der Waals surface area contributed by atoms with Gasteiger partial charge in [0.15, 0.2) is 6.04 Å². The number of hydrogen-bond donors (Lipinski definition) is 3. The molecule has 1 aliphatic heterocycles. The number of carbonyl (C=O) groups is 1. The lowest BCUT2D eigenvalue weighted by molar-refractivity contribution is -1.02. The van der Waals surface area contributed by atoms with Crippen LogP contribution in [0.4, 0.5) is 18.9 Å². The van der Waals surface area contributed by atoms with Crippen LogP contribution in [0.25, 0.3) is 0 Å². The number of quaternary nitrogens is 2. The molecule has 0 aliphatic carbocycles. The molecule has 2 aromatic carbocycles. The molecule has 1 heterocycles. The Balaban J connectivity index is 1.51. The second-order valence-corrected chi connectivity index (χ2v) is 7.68. The summed E-state index contributed by atoms with van der Waals surface area (Å²) in [6, 6.07) is 14.0. The molecule has 0 radical (unpaired) electrons. The van der Waals surface area contributed by atoms with E-state index in [1.54, 1.807) is 0 Å². The number of rotatable bonds is 5. The van der Waals surface area contributed by atoms with Gasteiger partial charge in [-0.2, -0.15) is 18.4 Å². The zero-order valence-corrected chi connectivity index (χ0v) is 16.7. The Morgan fingerprint density at radius 3 is 2.40 bits per heavy atom. The molecule has 2 aromatic rings. The molecule has 1 saturated heterocycles. The first-order valence-corrected chi connectivity index (χ1v) is 9.91. The van der Waals surface area contributed by atoms with Crippen molar-refractivity contribution in [2.24, 2.45) is 0 Å². The van der Waals surface area contributed by atoms with E-state index < -0.39 is 11.7 Å². The fraction of sp³-hybridized carbons (Fsp3) is 0.364. The van der Waals surface area contributed by atoms with Crippen LogP contribution < -0.4 is 15.1 Å². The number of alkyl halides is 3. The van der Waals surface area contributed by atoms with Crippen LogP contribution in [0.3, 0.4) is 0 Å². The van der Waals surface area contributed by atoms with Crippen molar-refractivity contribution in [3.63, 3.8) is 0 Å². The molecule has 0 saturated carbocycles. The van der Waals surface area contributed by atoms with E-state index in [2.05, 4.69) is 11.4 Å². The number of amides is 1. The van der Waals surface area contributed by atoms with Crippen molar-refractivity contribution >= 4 is 11.6 Å². The molecule has 1 fully saturated rings.